The Morgan fingerprint density at radius 1 is 0.729 bits per heavy atom. The Morgan fingerprint density at radius 3 is 2.19 bits per heavy atom. The Hall–Kier alpha value is -5.15. The van der Waals surface area contributed by atoms with E-state index in [1.54, 1.807) is 6.20 Å². The first-order valence-electron chi connectivity index (χ1n) is 17.1. The zero-order chi connectivity index (χ0) is 34.7. The van der Waals surface area contributed by atoms with Crippen LogP contribution in [0.5, 0.6) is 0 Å². The molecule has 1 radical (unpaired) electrons. The molecule has 0 aliphatic rings. The van der Waals surface area contributed by atoms with Crippen LogP contribution in [0.15, 0.2) is 156 Å². The molecule has 3 heterocycles. The summed E-state index contributed by atoms with van der Waals surface area (Å²) >= 11 is 0. The number of furan rings is 1. The van der Waals surface area contributed by atoms with Crippen molar-refractivity contribution in [2.45, 2.75) is 26.1 Å². The Bertz CT molecular complexity index is 2380. The quantitative estimate of drug-likeness (QED) is 0.163. The molecule has 0 bridgehead atoms. The van der Waals surface area contributed by atoms with Gasteiger partial charge in [0.05, 0.1) is 5.58 Å². The maximum atomic E-state index is 7.72. The van der Waals surface area contributed by atoms with E-state index in [1.165, 1.54) is 17.3 Å². The van der Waals surface area contributed by atoms with E-state index in [4.69, 9.17) is 8.53 Å². The number of benzene rings is 5. The van der Waals surface area contributed by atoms with E-state index < -0.39 is 6.85 Å². The molecule has 3 aromatic heterocycles. The second kappa shape index (κ2) is 14.3. The largest absolute Gasteiger partial charge is 0.501 e. The molecule has 0 atom stereocenters. The first kappa shape index (κ1) is 29.0. The van der Waals surface area contributed by atoms with Crippen molar-refractivity contribution in [3.63, 3.8) is 0 Å². The molecule has 0 spiro atoms. The van der Waals surface area contributed by atoms with Gasteiger partial charge in [-0.3, -0.25) is 0 Å². The second-order valence-electron chi connectivity index (χ2n) is 11.8. The van der Waals surface area contributed by atoms with Crippen molar-refractivity contribution in [2.24, 2.45) is 0 Å². The third-order valence-electron chi connectivity index (χ3n) is 8.52. The van der Waals surface area contributed by atoms with Crippen LogP contribution in [0.1, 0.15) is 34.7 Å². The van der Waals surface area contributed by atoms with Gasteiger partial charge in [-0.2, -0.15) is 0 Å². The van der Waals surface area contributed by atoms with E-state index >= 15 is 0 Å². The van der Waals surface area contributed by atoms with Crippen molar-refractivity contribution in [1.29, 1.82) is 0 Å². The van der Waals surface area contributed by atoms with E-state index in [9.17, 15) is 0 Å². The molecule has 3 nitrogen and oxygen atoms in total. The average molecular weight is 802 g/mol. The van der Waals surface area contributed by atoms with Crippen LogP contribution in [0, 0.1) is 19.0 Å². The Kier molecular flexibility index (Phi) is 8.65. The number of fused-ring (bicyclic) bond motifs is 3. The van der Waals surface area contributed by atoms with Crippen LogP contribution in [0.4, 0.5) is 0 Å². The number of nitrogens with zero attached hydrogens (tertiary/aromatic N) is 2. The van der Waals surface area contributed by atoms with Gasteiger partial charge in [0, 0.05) is 42.0 Å². The van der Waals surface area contributed by atoms with Crippen LogP contribution in [-0.2, 0) is 25.5 Å². The summed E-state index contributed by atoms with van der Waals surface area (Å²) in [6, 6.07) is 52.3. The number of hydrogen-bond acceptors (Lipinski definition) is 3. The summed E-state index contributed by atoms with van der Waals surface area (Å²) in [6.07, 6.45) is 3.25. The smallest absolute Gasteiger partial charge is 0.120 e. The average Bonchev–Trinajstić information content (AvgIpc) is 3.55. The molecule has 4 heteroatoms. The molecule has 0 amide bonds. The van der Waals surface area contributed by atoms with Gasteiger partial charge in [0.1, 0.15) is 5.58 Å². The molecule has 48 heavy (non-hydrogen) atoms. The van der Waals surface area contributed by atoms with E-state index in [0.29, 0.717) is 11.3 Å². The van der Waals surface area contributed by atoms with Crippen LogP contribution in [0.3, 0.4) is 0 Å². The van der Waals surface area contributed by atoms with E-state index in [1.807, 2.05) is 91.0 Å². The molecule has 237 valence electrons. The first-order valence-corrected chi connectivity index (χ1v) is 15.6. The minimum atomic E-state index is -2.20. The SMILES string of the molecule is CC(C)(c1ccccc1)c1c[c-]c(-c2ccccn2)c2oc3ccccc3c12.[2H]C([2H])([2H])c1cnc(-c2[c-]cccc2)cc1-c1ccccc1.[Ir]. The van der Waals surface area contributed by atoms with Crippen molar-refractivity contribution in [2.75, 3.05) is 0 Å². The first-order chi connectivity index (χ1) is 24.2. The Balaban J connectivity index is 0.000000178. The Morgan fingerprint density at radius 2 is 1.46 bits per heavy atom. The molecular formula is C44H34IrN2O-2. The number of hydrogen-bond donors (Lipinski definition) is 0. The molecule has 0 saturated carbocycles. The minimum absolute atomic E-state index is 0. The van der Waals surface area contributed by atoms with E-state index in [2.05, 4.69) is 84.5 Å². The fraction of sp³-hybridized carbons (Fsp3) is 0.0909. The zero-order valence-electron chi connectivity index (χ0n) is 29.6. The van der Waals surface area contributed by atoms with Crippen LogP contribution in [0.2, 0.25) is 0 Å². The summed E-state index contributed by atoms with van der Waals surface area (Å²) in [6.45, 7) is 2.32. The van der Waals surface area contributed by atoms with E-state index in [0.717, 1.165) is 44.3 Å². The predicted molar refractivity (Wildman–Crippen MR) is 193 cm³/mol. The maximum Gasteiger partial charge on any atom is 0.120 e. The fourth-order valence-corrected chi connectivity index (χ4v) is 5.99. The van der Waals surface area contributed by atoms with Gasteiger partial charge >= 0.3 is 0 Å². The van der Waals surface area contributed by atoms with Gasteiger partial charge in [0.15, 0.2) is 0 Å². The van der Waals surface area contributed by atoms with Gasteiger partial charge in [-0.15, -0.1) is 53.6 Å². The number of aromatic nitrogens is 2. The van der Waals surface area contributed by atoms with Crippen molar-refractivity contribution < 1.29 is 28.6 Å². The van der Waals surface area contributed by atoms with Crippen molar-refractivity contribution in [3.05, 3.63) is 181 Å². The van der Waals surface area contributed by atoms with Gasteiger partial charge in [-0.1, -0.05) is 122 Å². The second-order valence-corrected chi connectivity index (χ2v) is 11.8. The number of rotatable bonds is 5. The molecule has 0 N–H and O–H groups in total. The van der Waals surface area contributed by atoms with Gasteiger partial charge in [0.25, 0.3) is 0 Å². The predicted octanol–water partition coefficient (Wildman–Crippen LogP) is 11.3. The molecule has 0 unspecified atom stereocenters. The van der Waals surface area contributed by atoms with Gasteiger partial charge in [-0.25, -0.2) is 0 Å². The van der Waals surface area contributed by atoms with Gasteiger partial charge < -0.3 is 14.4 Å². The van der Waals surface area contributed by atoms with Crippen molar-refractivity contribution in [1.82, 2.24) is 9.97 Å². The van der Waals surface area contributed by atoms with Crippen LogP contribution >= 0.6 is 0 Å². The number of aryl methyl sites for hydroxylation is 1. The molecule has 0 aliphatic heterocycles. The van der Waals surface area contributed by atoms with Crippen molar-refractivity contribution in [3.8, 4) is 33.6 Å². The summed E-state index contributed by atoms with van der Waals surface area (Å²) in [4.78, 5) is 8.84. The summed E-state index contributed by atoms with van der Waals surface area (Å²) in [5, 5.41) is 2.27. The minimum Gasteiger partial charge on any atom is -0.501 e. The Labute approximate surface area is 299 Å². The van der Waals surface area contributed by atoms with E-state index in [-0.39, 0.29) is 31.1 Å². The van der Waals surface area contributed by atoms with Crippen molar-refractivity contribution >= 4 is 21.9 Å². The van der Waals surface area contributed by atoms with Gasteiger partial charge in [0.2, 0.25) is 0 Å². The molecule has 0 fully saturated rings. The topological polar surface area (TPSA) is 38.9 Å². The molecule has 0 aliphatic carbocycles. The van der Waals surface area contributed by atoms with Crippen LogP contribution < -0.4 is 0 Å². The normalized spacial score (nSPS) is 12.2. The summed E-state index contributed by atoms with van der Waals surface area (Å²) < 4.78 is 29.5. The van der Waals surface area contributed by atoms with Crippen LogP contribution in [0.25, 0.3) is 55.6 Å². The summed E-state index contributed by atoms with van der Waals surface area (Å²) in [7, 11) is 0. The summed E-state index contributed by atoms with van der Waals surface area (Å²) in [5.74, 6) is 0. The third-order valence-corrected chi connectivity index (χ3v) is 8.52. The molecule has 5 aromatic carbocycles. The number of para-hydroxylation sites is 1. The monoisotopic (exact) mass is 802 g/mol. The number of pyridine rings is 2. The molecule has 8 rings (SSSR count). The summed E-state index contributed by atoms with van der Waals surface area (Å²) in [5.41, 5.74) is 9.17. The third kappa shape index (κ3) is 6.51. The maximum absolute atomic E-state index is 7.72. The molecular weight excluding hydrogens is 765 g/mol. The fourth-order valence-electron chi connectivity index (χ4n) is 5.99. The molecule has 0 saturated heterocycles. The zero-order valence-corrected chi connectivity index (χ0v) is 29.0. The van der Waals surface area contributed by atoms with Gasteiger partial charge in [-0.05, 0) is 58.0 Å². The van der Waals surface area contributed by atoms with Crippen LogP contribution in [-0.4, -0.2) is 9.97 Å². The molecule has 8 aromatic rings. The standard InChI is InChI=1S/C26H20NO.C18H14N.Ir/c1-26(2,18-10-4-3-5-11-18)21-16-15-19(22-13-8-9-17-27-22)25-24(21)20-12-6-7-14-23(20)28-25;1-14-13-19-18(16-10-6-3-7-11-16)12-17(14)15-8-4-2-5-9-15;/h3-14,16-17H,1-2H3;2-10,12-13H,1H3;/q2*-1;/i;1D3;.